The Morgan fingerprint density at radius 2 is 1.87 bits per heavy atom. The summed E-state index contributed by atoms with van der Waals surface area (Å²) in [6, 6.07) is 6.65. The molecule has 0 radical (unpaired) electrons. The summed E-state index contributed by atoms with van der Waals surface area (Å²) in [5.74, 6) is -1.88. The molecule has 2 aliphatic rings. The monoisotopic (exact) mass is 543 g/mol. The molecule has 2 atom stereocenters. The molecule has 1 aliphatic carbocycles. The van der Waals surface area contributed by atoms with Gasteiger partial charge in [0.1, 0.15) is 5.75 Å². The lowest BCUT2D eigenvalue weighted by atomic mass is 9.78. The van der Waals surface area contributed by atoms with Crippen LogP contribution < -0.4 is 5.32 Å². The van der Waals surface area contributed by atoms with Crippen molar-refractivity contribution < 1.29 is 37.2 Å². The Kier molecular flexibility index (Phi) is 7.93. The second-order valence-electron chi connectivity index (χ2n) is 9.39. The number of nitrogens with zero attached hydrogens (tertiary/aromatic N) is 2. The van der Waals surface area contributed by atoms with Crippen LogP contribution >= 0.6 is 0 Å². The number of hydrogen-bond acceptors (Lipinski definition) is 8. The first-order valence-corrected chi connectivity index (χ1v) is 13.9. The van der Waals surface area contributed by atoms with Gasteiger partial charge >= 0.3 is 5.97 Å². The Morgan fingerprint density at radius 3 is 2.53 bits per heavy atom. The van der Waals surface area contributed by atoms with Crippen LogP contribution in [0.1, 0.15) is 68.7 Å². The van der Waals surface area contributed by atoms with E-state index in [9.17, 15) is 27.9 Å². The van der Waals surface area contributed by atoms with Crippen molar-refractivity contribution in [3.63, 3.8) is 0 Å². The summed E-state index contributed by atoms with van der Waals surface area (Å²) in [4.78, 5) is 45.2. The number of aromatic hydroxyl groups is 1. The number of benzene rings is 2. The summed E-state index contributed by atoms with van der Waals surface area (Å²) in [7, 11) is -4.10. The van der Waals surface area contributed by atoms with E-state index in [1.54, 1.807) is 24.3 Å². The molecule has 2 aromatic rings. The highest BCUT2D eigenvalue weighted by Gasteiger charge is 2.39. The lowest BCUT2D eigenvalue weighted by Crippen LogP contribution is -2.34. The fourth-order valence-corrected chi connectivity index (χ4v) is 5.62. The maximum atomic E-state index is 12.8. The van der Waals surface area contributed by atoms with E-state index in [4.69, 9.17) is 14.3 Å². The van der Waals surface area contributed by atoms with Crippen molar-refractivity contribution in [2.75, 3.05) is 12.3 Å². The van der Waals surface area contributed by atoms with E-state index >= 15 is 0 Å². The van der Waals surface area contributed by atoms with Gasteiger partial charge in [-0.05, 0) is 37.5 Å². The number of carbonyl (C=O) groups is 3. The molecule has 0 saturated carbocycles. The van der Waals surface area contributed by atoms with Gasteiger partial charge in [0.25, 0.3) is 16.0 Å². The number of phenols is 1. The smallest absolute Gasteiger partial charge is 0.303 e. The summed E-state index contributed by atoms with van der Waals surface area (Å²) in [5.41, 5.74) is 2.57. The Bertz CT molecular complexity index is 1480. The molecule has 0 spiro atoms. The molecule has 2 unspecified atom stereocenters. The number of fused-ring (bicyclic) bond motifs is 2. The van der Waals surface area contributed by atoms with Crippen molar-refractivity contribution in [1.29, 1.82) is 0 Å². The molecule has 38 heavy (non-hydrogen) atoms. The standard InChI is InChI=1S/C26H29N3O8S/c1-14(30)28-16(6-5-13-38(34,35)36)11-12-27-19-9-10-20-22-21(25(26(33)29-20)37-15(2)31)17-7-3-4-8-18(17)24(32)23(19)22/h3-4,7-8,16,25,32H,5-6,9-13H2,1-2H3,(H,28,30)(H,34,35,36). The molecule has 202 valence electrons. The first kappa shape index (κ1) is 27.4. The zero-order valence-electron chi connectivity index (χ0n) is 21.1. The lowest BCUT2D eigenvalue weighted by molar-refractivity contribution is -0.153. The molecule has 0 aromatic heterocycles. The van der Waals surface area contributed by atoms with Crippen LogP contribution in [0.25, 0.3) is 10.8 Å². The van der Waals surface area contributed by atoms with Gasteiger partial charge in [0.2, 0.25) is 12.0 Å². The fraction of sp³-hybridized carbons (Fsp3) is 0.423. The van der Waals surface area contributed by atoms with E-state index in [2.05, 4.69) is 10.3 Å². The van der Waals surface area contributed by atoms with Crippen LogP contribution in [0.3, 0.4) is 0 Å². The maximum Gasteiger partial charge on any atom is 0.303 e. The zero-order chi connectivity index (χ0) is 27.6. The van der Waals surface area contributed by atoms with Crippen LogP contribution in [0.4, 0.5) is 0 Å². The number of aliphatic imine (C=N–C) groups is 2. The molecular weight excluding hydrogens is 514 g/mol. The number of carbonyl (C=O) groups excluding carboxylic acids is 3. The fourth-order valence-electron chi connectivity index (χ4n) is 5.09. The quantitative estimate of drug-likeness (QED) is 0.320. The zero-order valence-corrected chi connectivity index (χ0v) is 21.9. The van der Waals surface area contributed by atoms with Gasteiger partial charge < -0.3 is 15.2 Å². The van der Waals surface area contributed by atoms with Gasteiger partial charge in [-0.3, -0.25) is 23.9 Å². The second kappa shape index (κ2) is 11.0. The number of phenolic OH excluding ortho intramolecular Hbond substituents is 1. The average Bonchev–Trinajstić information content (AvgIpc) is 2.82. The Morgan fingerprint density at radius 1 is 1.16 bits per heavy atom. The molecule has 4 rings (SSSR count). The van der Waals surface area contributed by atoms with E-state index in [1.165, 1.54) is 13.8 Å². The summed E-state index contributed by atoms with van der Waals surface area (Å²) in [6.07, 6.45) is 0.492. The van der Waals surface area contributed by atoms with E-state index in [0.29, 0.717) is 64.6 Å². The molecule has 12 heteroatoms. The van der Waals surface area contributed by atoms with Crippen LogP contribution in [0.15, 0.2) is 34.3 Å². The van der Waals surface area contributed by atoms with E-state index < -0.39 is 33.9 Å². The maximum absolute atomic E-state index is 12.8. The summed E-state index contributed by atoms with van der Waals surface area (Å²) in [5, 5.41) is 15.2. The molecule has 3 N–H and O–H groups in total. The minimum absolute atomic E-state index is 0.00649. The van der Waals surface area contributed by atoms with Crippen LogP contribution in [-0.4, -0.2) is 65.6 Å². The SMILES string of the molecule is CC(=O)NC(CCCS(=O)(=O)O)CCN=C1CCC2=NC(=O)C(OC(C)=O)c3c2c1c(O)c1ccccc31. The molecule has 0 saturated heterocycles. The average molecular weight is 544 g/mol. The third-order valence-corrected chi connectivity index (χ3v) is 7.37. The number of rotatable bonds is 9. The van der Waals surface area contributed by atoms with Crippen molar-refractivity contribution in [2.24, 2.45) is 9.98 Å². The highest BCUT2D eigenvalue weighted by molar-refractivity contribution is 7.85. The predicted octanol–water partition coefficient (Wildman–Crippen LogP) is 2.62. The largest absolute Gasteiger partial charge is 0.507 e. The second-order valence-corrected chi connectivity index (χ2v) is 11.0. The van der Waals surface area contributed by atoms with Crippen molar-refractivity contribution >= 4 is 50.1 Å². The number of ether oxygens (including phenoxy) is 1. The van der Waals surface area contributed by atoms with Gasteiger partial charge in [-0.2, -0.15) is 8.42 Å². The van der Waals surface area contributed by atoms with Crippen molar-refractivity contribution in [1.82, 2.24) is 5.32 Å². The molecule has 11 nitrogen and oxygen atoms in total. The van der Waals surface area contributed by atoms with Crippen molar-refractivity contribution in [3.05, 3.63) is 41.0 Å². The van der Waals surface area contributed by atoms with Crippen molar-refractivity contribution in [3.8, 4) is 5.75 Å². The molecule has 0 bridgehead atoms. The summed E-state index contributed by atoms with van der Waals surface area (Å²) in [6.45, 7) is 2.85. The van der Waals surface area contributed by atoms with Gasteiger partial charge in [-0.1, -0.05) is 24.3 Å². The number of hydrogen-bond donors (Lipinski definition) is 3. The topological polar surface area (TPSA) is 172 Å². The van der Waals surface area contributed by atoms with E-state index in [-0.39, 0.29) is 30.7 Å². The lowest BCUT2D eigenvalue weighted by Gasteiger charge is -2.31. The van der Waals surface area contributed by atoms with Gasteiger partial charge in [0, 0.05) is 54.2 Å². The van der Waals surface area contributed by atoms with Gasteiger partial charge in [-0.15, -0.1) is 0 Å². The Balaban J connectivity index is 1.70. The predicted molar refractivity (Wildman–Crippen MR) is 140 cm³/mol. The minimum atomic E-state index is -4.10. The first-order valence-electron chi connectivity index (χ1n) is 12.3. The first-order chi connectivity index (χ1) is 18.0. The minimum Gasteiger partial charge on any atom is -0.507 e. The molecule has 1 heterocycles. The number of esters is 1. The van der Waals surface area contributed by atoms with Gasteiger partial charge in [0.05, 0.1) is 11.5 Å². The van der Waals surface area contributed by atoms with Crippen LogP contribution in [-0.2, 0) is 29.2 Å². The molecule has 2 aromatic carbocycles. The summed E-state index contributed by atoms with van der Waals surface area (Å²) >= 11 is 0. The highest BCUT2D eigenvalue weighted by Crippen LogP contribution is 2.45. The number of nitrogens with one attached hydrogen (secondary N) is 1. The van der Waals surface area contributed by atoms with Crippen molar-refractivity contribution in [2.45, 2.75) is 58.1 Å². The third kappa shape index (κ3) is 5.91. The van der Waals surface area contributed by atoms with Gasteiger partial charge in [0.15, 0.2) is 0 Å². The molecule has 1 aliphatic heterocycles. The number of amides is 2. The Labute approximate surface area is 219 Å². The molecule has 2 amide bonds. The van der Waals surface area contributed by atoms with E-state index in [1.807, 2.05) is 0 Å². The third-order valence-electron chi connectivity index (χ3n) is 6.56. The summed E-state index contributed by atoms with van der Waals surface area (Å²) < 4.78 is 36.5. The normalized spacial score (nSPS) is 18.6. The highest BCUT2D eigenvalue weighted by atomic mass is 32.2. The van der Waals surface area contributed by atoms with Crippen LogP contribution in [0.5, 0.6) is 5.75 Å². The Hall–Kier alpha value is -3.64. The molecule has 0 fully saturated rings. The van der Waals surface area contributed by atoms with E-state index in [0.717, 1.165) is 0 Å². The molecular formula is C26H29N3O8S. The van der Waals surface area contributed by atoms with Crippen LogP contribution in [0.2, 0.25) is 0 Å². The van der Waals surface area contributed by atoms with Crippen LogP contribution in [0, 0.1) is 0 Å². The van der Waals surface area contributed by atoms with Gasteiger partial charge in [-0.25, -0.2) is 4.99 Å².